The maximum Gasteiger partial charge on any atom is 0.251 e. The molecule has 2 fully saturated rings. The first-order valence-electron chi connectivity index (χ1n) is 4.84. The highest BCUT2D eigenvalue weighted by molar-refractivity contribution is 5.00. The highest BCUT2D eigenvalue weighted by Crippen LogP contribution is 2.39. The molecule has 0 amide bonds. The second-order valence-corrected chi connectivity index (χ2v) is 3.92. The van der Waals surface area contributed by atoms with E-state index in [4.69, 9.17) is 4.74 Å². The largest absolute Gasteiger partial charge is 0.381 e. The van der Waals surface area contributed by atoms with Crippen molar-refractivity contribution in [3.63, 3.8) is 0 Å². The SMILES string of the molecule is FC(F)CN1CCC12CCOCC2. The number of hydrogen-bond donors (Lipinski definition) is 0. The maximum absolute atomic E-state index is 12.2. The van der Waals surface area contributed by atoms with Crippen LogP contribution in [0.1, 0.15) is 19.3 Å². The van der Waals surface area contributed by atoms with Gasteiger partial charge in [-0.1, -0.05) is 0 Å². The van der Waals surface area contributed by atoms with Gasteiger partial charge in [0.05, 0.1) is 6.54 Å². The Balaban J connectivity index is 1.90. The summed E-state index contributed by atoms with van der Waals surface area (Å²) < 4.78 is 29.6. The lowest BCUT2D eigenvalue weighted by atomic mass is 9.78. The molecule has 76 valence electrons. The van der Waals surface area contributed by atoms with Crippen LogP contribution in [0.5, 0.6) is 0 Å². The zero-order valence-corrected chi connectivity index (χ0v) is 7.64. The van der Waals surface area contributed by atoms with E-state index < -0.39 is 6.43 Å². The number of rotatable bonds is 2. The predicted octanol–water partition coefficient (Wildman–Crippen LogP) is 1.51. The third kappa shape index (κ3) is 1.70. The lowest BCUT2D eigenvalue weighted by molar-refractivity contribution is -0.108. The first-order chi connectivity index (χ1) is 6.23. The first kappa shape index (κ1) is 9.34. The smallest absolute Gasteiger partial charge is 0.251 e. The van der Waals surface area contributed by atoms with Crippen molar-refractivity contribution in [3.05, 3.63) is 0 Å². The van der Waals surface area contributed by atoms with Crippen LogP contribution >= 0.6 is 0 Å². The Hall–Kier alpha value is -0.220. The molecule has 2 saturated heterocycles. The van der Waals surface area contributed by atoms with Crippen LogP contribution in [0.3, 0.4) is 0 Å². The van der Waals surface area contributed by atoms with Crippen LogP contribution in [0.25, 0.3) is 0 Å². The van der Waals surface area contributed by atoms with Gasteiger partial charge in [0, 0.05) is 25.3 Å². The summed E-state index contributed by atoms with van der Waals surface area (Å²) in [5.41, 5.74) is 0.0781. The summed E-state index contributed by atoms with van der Waals surface area (Å²) in [5.74, 6) is 0. The fraction of sp³-hybridized carbons (Fsp3) is 1.00. The third-order valence-electron chi connectivity index (χ3n) is 3.30. The van der Waals surface area contributed by atoms with Crippen molar-refractivity contribution in [1.29, 1.82) is 0 Å². The summed E-state index contributed by atoms with van der Waals surface area (Å²) in [5, 5.41) is 0. The van der Waals surface area contributed by atoms with Crippen molar-refractivity contribution >= 4 is 0 Å². The van der Waals surface area contributed by atoms with Crippen molar-refractivity contribution in [2.75, 3.05) is 26.3 Å². The average Bonchev–Trinajstić information content (AvgIpc) is 2.14. The topological polar surface area (TPSA) is 12.5 Å². The monoisotopic (exact) mass is 191 g/mol. The Bertz CT molecular complexity index is 180. The summed E-state index contributed by atoms with van der Waals surface area (Å²) >= 11 is 0. The molecule has 0 aliphatic carbocycles. The summed E-state index contributed by atoms with van der Waals surface area (Å²) in [6, 6.07) is 0. The van der Waals surface area contributed by atoms with Gasteiger partial charge in [0.2, 0.25) is 0 Å². The van der Waals surface area contributed by atoms with Gasteiger partial charge in [0.25, 0.3) is 6.43 Å². The van der Waals surface area contributed by atoms with Gasteiger partial charge in [0.1, 0.15) is 0 Å². The Morgan fingerprint density at radius 1 is 1.23 bits per heavy atom. The molecule has 2 aliphatic heterocycles. The van der Waals surface area contributed by atoms with E-state index in [-0.39, 0.29) is 12.1 Å². The number of halogens is 2. The van der Waals surface area contributed by atoms with Crippen molar-refractivity contribution in [3.8, 4) is 0 Å². The van der Waals surface area contributed by atoms with E-state index in [9.17, 15) is 8.78 Å². The van der Waals surface area contributed by atoms with Gasteiger partial charge in [-0.2, -0.15) is 0 Å². The molecule has 0 saturated carbocycles. The molecule has 0 N–H and O–H groups in total. The molecule has 4 heteroatoms. The summed E-state index contributed by atoms with van der Waals surface area (Å²) in [6.07, 6.45) is 0.739. The van der Waals surface area contributed by atoms with Crippen molar-refractivity contribution in [2.24, 2.45) is 0 Å². The summed E-state index contributed by atoms with van der Waals surface area (Å²) in [6.45, 7) is 2.25. The molecule has 0 aromatic carbocycles. The number of nitrogens with zero attached hydrogens (tertiary/aromatic N) is 1. The molecule has 2 heterocycles. The summed E-state index contributed by atoms with van der Waals surface area (Å²) in [4.78, 5) is 1.93. The molecule has 0 radical (unpaired) electrons. The lowest BCUT2D eigenvalue weighted by Gasteiger charge is -2.54. The van der Waals surface area contributed by atoms with Gasteiger partial charge in [-0.3, -0.25) is 4.90 Å². The van der Waals surface area contributed by atoms with E-state index in [0.29, 0.717) is 0 Å². The van der Waals surface area contributed by atoms with E-state index in [2.05, 4.69) is 0 Å². The molecule has 2 rings (SSSR count). The summed E-state index contributed by atoms with van der Waals surface area (Å²) in [7, 11) is 0. The normalized spacial score (nSPS) is 27.9. The molecule has 2 aliphatic rings. The molecule has 2 nitrogen and oxygen atoms in total. The fourth-order valence-electron chi connectivity index (χ4n) is 2.36. The highest BCUT2D eigenvalue weighted by atomic mass is 19.3. The first-order valence-corrected chi connectivity index (χ1v) is 4.84. The molecule has 0 atom stereocenters. The van der Waals surface area contributed by atoms with Crippen LogP contribution in [0.4, 0.5) is 8.78 Å². The zero-order chi connectivity index (χ0) is 9.31. The highest BCUT2D eigenvalue weighted by Gasteiger charge is 2.45. The fourth-order valence-corrected chi connectivity index (χ4v) is 2.36. The molecule has 0 aromatic rings. The second kappa shape index (κ2) is 3.50. The van der Waals surface area contributed by atoms with Crippen molar-refractivity contribution in [2.45, 2.75) is 31.2 Å². The maximum atomic E-state index is 12.2. The number of alkyl halides is 2. The molecule has 0 aromatic heterocycles. The zero-order valence-electron chi connectivity index (χ0n) is 7.64. The van der Waals surface area contributed by atoms with E-state index in [1.54, 1.807) is 0 Å². The predicted molar refractivity (Wildman–Crippen MR) is 45.0 cm³/mol. The standard InChI is InChI=1S/C9H15F2NO/c10-8(11)7-12-4-1-9(12)2-5-13-6-3-9/h8H,1-7H2. The third-order valence-corrected chi connectivity index (χ3v) is 3.30. The average molecular weight is 191 g/mol. The van der Waals surface area contributed by atoms with Crippen molar-refractivity contribution in [1.82, 2.24) is 4.90 Å². The van der Waals surface area contributed by atoms with Crippen LogP contribution in [0, 0.1) is 0 Å². The minimum absolute atomic E-state index is 0.0556. The Labute approximate surface area is 76.9 Å². The Kier molecular flexibility index (Phi) is 2.51. The molecule has 1 spiro atoms. The van der Waals surface area contributed by atoms with Gasteiger partial charge in [-0.05, 0) is 19.3 Å². The second-order valence-electron chi connectivity index (χ2n) is 3.92. The molecular weight excluding hydrogens is 176 g/mol. The Morgan fingerprint density at radius 3 is 2.38 bits per heavy atom. The number of hydrogen-bond acceptors (Lipinski definition) is 2. The van der Waals surface area contributed by atoms with Gasteiger partial charge < -0.3 is 4.74 Å². The van der Waals surface area contributed by atoms with Crippen LogP contribution in [0.2, 0.25) is 0 Å². The number of likely N-dealkylation sites (tertiary alicyclic amines) is 1. The molecule has 0 bridgehead atoms. The quantitative estimate of drug-likeness (QED) is 0.656. The van der Waals surface area contributed by atoms with Gasteiger partial charge in [0.15, 0.2) is 0 Å². The van der Waals surface area contributed by atoms with E-state index in [1.807, 2.05) is 4.90 Å². The van der Waals surface area contributed by atoms with E-state index in [1.165, 1.54) is 0 Å². The van der Waals surface area contributed by atoms with Gasteiger partial charge >= 0.3 is 0 Å². The van der Waals surface area contributed by atoms with Crippen LogP contribution in [-0.4, -0.2) is 43.2 Å². The van der Waals surface area contributed by atoms with Crippen LogP contribution in [0.15, 0.2) is 0 Å². The van der Waals surface area contributed by atoms with Crippen LogP contribution < -0.4 is 0 Å². The van der Waals surface area contributed by atoms with Crippen molar-refractivity contribution < 1.29 is 13.5 Å². The molecule has 13 heavy (non-hydrogen) atoms. The van der Waals surface area contributed by atoms with Gasteiger partial charge in [-0.15, -0.1) is 0 Å². The number of ether oxygens (including phenoxy) is 1. The Morgan fingerprint density at radius 2 is 1.92 bits per heavy atom. The molecule has 0 unspecified atom stereocenters. The lowest BCUT2D eigenvalue weighted by Crippen LogP contribution is -2.63. The minimum atomic E-state index is -2.19. The van der Waals surface area contributed by atoms with E-state index in [0.717, 1.165) is 39.0 Å². The van der Waals surface area contributed by atoms with E-state index >= 15 is 0 Å². The van der Waals surface area contributed by atoms with Gasteiger partial charge in [-0.25, -0.2) is 8.78 Å². The molecular formula is C9H15F2NO. The van der Waals surface area contributed by atoms with Crippen LogP contribution in [-0.2, 0) is 4.74 Å². The minimum Gasteiger partial charge on any atom is -0.381 e.